The average molecular weight is 313 g/mol. The summed E-state index contributed by atoms with van der Waals surface area (Å²) in [6.45, 7) is 8.66. The molecule has 0 aliphatic carbocycles. The van der Waals surface area contributed by atoms with Gasteiger partial charge in [0, 0.05) is 18.6 Å². The van der Waals surface area contributed by atoms with E-state index in [1.807, 2.05) is 44.2 Å². The third-order valence-corrected chi connectivity index (χ3v) is 2.09. The van der Waals surface area contributed by atoms with Crippen molar-refractivity contribution in [1.82, 2.24) is 5.16 Å². The van der Waals surface area contributed by atoms with Crippen LogP contribution in [0, 0.1) is 0 Å². The van der Waals surface area contributed by atoms with Crippen LogP contribution in [-0.2, 0) is 11.3 Å². The van der Waals surface area contributed by atoms with E-state index >= 15 is 0 Å². The minimum atomic E-state index is -3.16. The second-order valence-electron chi connectivity index (χ2n) is 4.35. The van der Waals surface area contributed by atoms with E-state index in [-0.39, 0.29) is 6.61 Å². The number of hydrogen-bond donors (Lipinski definition) is 0. The first-order valence-electron chi connectivity index (χ1n) is 7.49. The molecule has 2 rings (SSSR count). The number of benzene rings is 1. The average Bonchev–Trinajstić information content (AvgIpc) is 2.97. The van der Waals surface area contributed by atoms with Gasteiger partial charge in [0.1, 0.15) is 5.69 Å². The Bertz CT molecular complexity index is 493. The summed E-state index contributed by atoms with van der Waals surface area (Å²) in [5.74, 6) is 0.531. The molecule has 0 unspecified atom stereocenters. The monoisotopic (exact) mass is 313 g/mol. The first-order chi connectivity index (χ1) is 10.5. The lowest BCUT2D eigenvalue weighted by molar-refractivity contribution is -0.232. The molecule has 124 valence electrons. The van der Waals surface area contributed by atoms with Gasteiger partial charge in [-0.15, -0.1) is 0 Å². The lowest BCUT2D eigenvalue weighted by Gasteiger charge is -2.08. The van der Waals surface area contributed by atoms with Gasteiger partial charge in [0.05, 0.1) is 6.61 Å². The van der Waals surface area contributed by atoms with Crippen molar-refractivity contribution in [2.45, 2.75) is 53.8 Å². The van der Waals surface area contributed by atoms with E-state index in [0.717, 1.165) is 5.56 Å². The summed E-state index contributed by atoms with van der Waals surface area (Å²) in [5.41, 5.74) is 1.18. The molecule has 0 bridgehead atoms. The van der Waals surface area contributed by atoms with E-state index in [9.17, 15) is 8.78 Å². The van der Waals surface area contributed by atoms with Gasteiger partial charge in [-0.05, 0) is 0 Å². The smallest absolute Gasteiger partial charge is 0.353 e. The molecule has 1 aromatic carbocycles. The van der Waals surface area contributed by atoms with Crippen LogP contribution in [-0.4, -0.2) is 11.3 Å². The number of ether oxygens (including phenoxy) is 1. The number of halogens is 2. The summed E-state index contributed by atoms with van der Waals surface area (Å²) < 4.78 is 34.3. The van der Waals surface area contributed by atoms with Crippen LogP contribution in [0.5, 0.6) is 0 Å². The SMILES string of the molecule is CC.CC(F)(F)OCc1cc(-c2ccccc2)on1.CCC. The Morgan fingerprint density at radius 3 is 2.18 bits per heavy atom. The zero-order chi connectivity index (χ0) is 17.0. The number of nitrogens with zero attached hydrogens (tertiary/aromatic N) is 1. The molecule has 0 atom stereocenters. The first-order valence-corrected chi connectivity index (χ1v) is 7.49. The molecule has 0 N–H and O–H groups in total. The highest BCUT2D eigenvalue weighted by atomic mass is 19.3. The predicted molar refractivity (Wildman–Crippen MR) is 84.7 cm³/mol. The molecule has 3 nitrogen and oxygen atoms in total. The van der Waals surface area contributed by atoms with E-state index in [2.05, 4.69) is 23.7 Å². The van der Waals surface area contributed by atoms with Crippen molar-refractivity contribution in [3.63, 3.8) is 0 Å². The Balaban J connectivity index is 0.000000789. The topological polar surface area (TPSA) is 35.3 Å². The van der Waals surface area contributed by atoms with Gasteiger partial charge >= 0.3 is 6.11 Å². The van der Waals surface area contributed by atoms with Crippen LogP contribution in [0.15, 0.2) is 40.9 Å². The first kappa shape index (κ1) is 20.2. The molecule has 2 aromatic rings. The molecule has 0 saturated carbocycles. The van der Waals surface area contributed by atoms with Crippen LogP contribution >= 0.6 is 0 Å². The molecule has 0 aliphatic heterocycles. The molecule has 5 heteroatoms. The van der Waals surface area contributed by atoms with Crippen molar-refractivity contribution < 1.29 is 18.0 Å². The van der Waals surface area contributed by atoms with Gasteiger partial charge in [0.2, 0.25) is 0 Å². The normalized spacial score (nSPS) is 10.1. The summed E-state index contributed by atoms with van der Waals surface area (Å²) in [6.07, 6.45) is -1.91. The van der Waals surface area contributed by atoms with Crippen molar-refractivity contribution in [3.05, 3.63) is 42.1 Å². The maximum absolute atomic E-state index is 12.5. The van der Waals surface area contributed by atoms with Crippen molar-refractivity contribution in [2.75, 3.05) is 0 Å². The van der Waals surface area contributed by atoms with Gasteiger partial charge in [0.25, 0.3) is 0 Å². The molecule has 0 aliphatic rings. The van der Waals surface area contributed by atoms with Crippen LogP contribution < -0.4 is 0 Å². The van der Waals surface area contributed by atoms with Crippen LogP contribution in [0.25, 0.3) is 11.3 Å². The van der Waals surface area contributed by atoms with Crippen LogP contribution in [0.4, 0.5) is 8.78 Å². The Morgan fingerprint density at radius 2 is 1.68 bits per heavy atom. The maximum atomic E-state index is 12.5. The fourth-order valence-corrected chi connectivity index (χ4v) is 1.32. The molecule has 1 aromatic heterocycles. The fourth-order valence-electron chi connectivity index (χ4n) is 1.32. The highest BCUT2D eigenvalue weighted by molar-refractivity contribution is 5.56. The summed E-state index contributed by atoms with van der Waals surface area (Å²) >= 11 is 0. The van der Waals surface area contributed by atoms with Gasteiger partial charge in [-0.25, -0.2) is 0 Å². The molecule has 1 heterocycles. The van der Waals surface area contributed by atoms with E-state index in [1.165, 1.54) is 6.42 Å². The summed E-state index contributed by atoms with van der Waals surface area (Å²) in [7, 11) is 0. The Hall–Kier alpha value is -1.75. The lowest BCUT2D eigenvalue weighted by Crippen LogP contribution is -2.14. The van der Waals surface area contributed by atoms with Gasteiger partial charge in [-0.1, -0.05) is 69.6 Å². The summed E-state index contributed by atoms with van der Waals surface area (Å²) in [6, 6.07) is 10.9. The molecular weight excluding hydrogens is 288 g/mol. The summed E-state index contributed by atoms with van der Waals surface area (Å²) in [5, 5.41) is 3.66. The highest BCUT2D eigenvalue weighted by Gasteiger charge is 2.22. The highest BCUT2D eigenvalue weighted by Crippen LogP contribution is 2.21. The fraction of sp³-hybridized carbons (Fsp3) is 0.471. The Labute approximate surface area is 131 Å². The largest absolute Gasteiger partial charge is 0.356 e. The minimum absolute atomic E-state index is 0.278. The van der Waals surface area contributed by atoms with Crippen molar-refractivity contribution in [2.24, 2.45) is 0 Å². The van der Waals surface area contributed by atoms with E-state index < -0.39 is 6.11 Å². The van der Waals surface area contributed by atoms with Crippen LogP contribution in [0.1, 0.15) is 46.7 Å². The Kier molecular flexibility index (Phi) is 10.0. The van der Waals surface area contributed by atoms with Gasteiger partial charge in [0.15, 0.2) is 5.76 Å². The zero-order valence-electron chi connectivity index (χ0n) is 13.9. The molecule has 0 radical (unpaired) electrons. The maximum Gasteiger partial charge on any atom is 0.353 e. The van der Waals surface area contributed by atoms with Crippen molar-refractivity contribution >= 4 is 0 Å². The third-order valence-electron chi connectivity index (χ3n) is 2.09. The zero-order valence-corrected chi connectivity index (χ0v) is 13.9. The molecule has 0 fully saturated rings. The van der Waals surface area contributed by atoms with Crippen LogP contribution in [0.2, 0.25) is 0 Å². The molecule has 0 saturated heterocycles. The second kappa shape index (κ2) is 10.9. The number of alkyl halides is 2. The molecular formula is C17H25F2NO2. The number of aromatic nitrogens is 1. The van der Waals surface area contributed by atoms with Crippen molar-refractivity contribution in [1.29, 1.82) is 0 Å². The summed E-state index contributed by atoms with van der Waals surface area (Å²) in [4.78, 5) is 0. The van der Waals surface area contributed by atoms with Gasteiger partial charge < -0.3 is 9.26 Å². The Morgan fingerprint density at radius 1 is 1.14 bits per heavy atom. The van der Waals surface area contributed by atoms with E-state index in [0.29, 0.717) is 18.4 Å². The molecule has 0 spiro atoms. The molecule has 0 amide bonds. The number of hydrogen-bond acceptors (Lipinski definition) is 3. The minimum Gasteiger partial charge on any atom is -0.356 e. The van der Waals surface area contributed by atoms with Gasteiger partial charge in [-0.3, -0.25) is 0 Å². The van der Waals surface area contributed by atoms with Crippen LogP contribution in [0.3, 0.4) is 0 Å². The third kappa shape index (κ3) is 8.52. The van der Waals surface area contributed by atoms with Gasteiger partial charge in [-0.2, -0.15) is 8.78 Å². The molecule has 22 heavy (non-hydrogen) atoms. The number of rotatable bonds is 4. The lowest BCUT2D eigenvalue weighted by atomic mass is 10.2. The van der Waals surface area contributed by atoms with E-state index in [4.69, 9.17) is 4.52 Å². The standard InChI is InChI=1S/C12H11F2NO2.C3H8.C2H6/c1-12(13,14)16-8-10-7-11(17-15-10)9-5-3-2-4-6-9;1-3-2;1-2/h2-7H,8H2,1H3;3H2,1-2H3;1-2H3. The second-order valence-corrected chi connectivity index (χ2v) is 4.35. The van der Waals surface area contributed by atoms with E-state index in [1.54, 1.807) is 6.07 Å². The predicted octanol–water partition coefficient (Wildman–Crippen LogP) is 5.91. The quantitative estimate of drug-likeness (QED) is 0.703. The van der Waals surface area contributed by atoms with Crippen molar-refractivity contribution in [3.8, 4) is 11.3 Å².